The van der Waals surface area contributed by atoms with E-state index in [-0.39, 0.29) is 11.9 Å². The van der Waals surface area contributed by atoms with E-state index in [1.807, 2.05) is 91.0 Å². The number of nitrogens with zero attached hydrogens (tertiary/aromatic N) is 7. The van der Waals surface area contributed by atoms with Gasteiger partial charge >= 0.3 is 0 Å². The molecule has 3 aromatic carbocycles. The van der Waals surface area contributed by atoms with E-state index in [4.69, 9.17) is 9.47 Å². The molecular weight excluding hydrogens is 568 g/mol. The summed E-state index contributed by atoms with van der Waals surface area (Å²) >= 11 is 0. The maximum atomic E-state index is 13.0. The lowest BCUT2D eigenvalue weighted by atomic mass is 10.1. The number of ether oxygens (including phenoxy) is 2. The minimum atomic E-state index is -0.0379. The Labute approximate surface area is 261 Å². The minimum absolute atomic E-state index is 0.0274. The second kappa shape index (κ2) is 11.7. The molecule has 1 amide bonds. The quantitative estimate of drug-likeness (QED) is 0.260. The van der Waals surface area contributed by atoms with E-state index < -0.39 is 0 Å². The molecule has 1 unspecified atom stereocenters. The maximum Gasteiger partial charge on any atom is 0.246 e. The Morgan fingerprint density at radius 2 is 1.98 bits per heavy atom. The van der Waals surface area contributed by atoms with Gasteiger partial charge in [0.25, 0.3) is 0 Å². The number of anilines is 3. The fraction of sp³-hybridized carbons (Fsp3) is 0.294. The Hall–Kier alpha value is -5.16. The molecule has 0 saturated carbocycles. The SMILES string of the molecule is Cc1cc(Nc2ncnc3cc4c(cc23)N2CCN(C(=O)/C=C/CN(C)C)C(CO4)C2)ccc1Oc1ccc2c(c1)ncn2C. The van der Waals surface area contributed by atoms with Crippen LogP contribution >= 0.6 is 0 Å². The number of nitrogens with one attached hydrogen (secondary N) is 1. The molecule has 11 nitrogen and oxygen atoms in total. The fourth-order valence-electron chi connectivity index (χ4n) is 5.97. The van der Waals surface area contributed by atoms with Gasteiger partial charge in [0, 0.05) is 62.5 Å². The molecule has 1 saturated heterocycles. The molecule has 1 fully saturated rings. The van der Waals surface area contributed by atoms with Crippen LogP contribution < -0.4 is 19.7 Å². The van der Waals surface area contributed by atoms with E-state index in [1.165, 1.54) is 0 Å². The molecule has 7 rings (SSSR count). The van der Waals surface area contributed by atoms with Gasteiger partial charge < -0.3 is 34.1 Å². The van der Waals surface area contributed by atoms with Gasteiger partial charge in [-0.05, 0) is 63.0 Å². The fourth-order valence-corrected chi connectivity index (χ4v) is 5.97. The summed E-state index contributed by atoms with van der Waals surface area (Å²) < 4.78 is 14.5. The van der Waals surface area contributed by atoms with Crippen molar-refractivity contribution >= 4 is 45.0 Å². The van der Waals surface area contributed by atoms with Crippen LogP contribution in [0.2, 0.25) is 0 Å². The number of carbonyl (C=O) groups is 1. The van der Waals surface area contributed by atoms with E-state index >= 15 is 0 Å². The highest BCUT2D eigenvalue weighted by atomic mass is 16.5. The summed E-state index contributed by atoms with van der Waals surface area (Å²) in [4.78, 5) is 32.8. The van der Waals surface area contributed by atoms with Crippen LogP contribution in [0.3, 0.4) is 0 Å². The van der Waals surface area contributed by atoms with Crippen LogP contribution in [0.5, 0.6) is 17.2 Å². The van der Waals surface area contributed by atoms with E-state index in [0.717, 1.165) is 69.2 Å². The molecule has 45 heavy (non-hydrogen) atoms. The van der Waals surface area contributed by atoms with Crippen LogP contribution in [-0.2, 0) is 11.8 Å². The summed E-state index contributed by atoms with van der Waals surface area (Å²) in [6.45, 7) is 5.24. The molecule has 2 aromatic heterocycles. The van der Waals surface area contributed by atoms with Gasteiger partial charge in [0.2, 0.25) is 5.91 Å². The number of benzene rings is 3. The molecule has 2 aliphatic heterocycles. The van der Waals surface area contributed by atoms with Gasteiger partial charge in [-0.3, -0.25) is 4.79 Å². The normalized spacial score (nSPS) is 16.2. The number of piperazine rings is 1. The molecular formula is C34H36N8O3. The summed E-state index contributed by atoms with van der Waals surface area (Å²) in [6.07, 6.45) is 6.95. The molecule has 230 valence electrons. The van der Waals surface area contributed by atoms with Crippen molar-refractivity contribution in [2.24, 2.45) is 7.05 Å². The van der Waals surface area contributed by atoms with Crippen molar-refractivity contribution in [3.63, 3.8) is 0 Å². The zero-order valence-corrected chi connectivity index (χ0v) is 25.9. The van der Waals surface area contributed by atoms with Gasteiger partial charge in [0.05, 0.1) is 34.6 Å². The van der Waals surface area contributed by atoms with Crippen LogP contribution in [0.1, 0.15) is 5.56 Å². The summed E-state index contributed by atoms with van der Waals surface area (Å²) in [5.74, 6) is 3.01. The minimum Gasteiger partial charge on any atom is -0.489 e. The third kappa shape index (κ3) is 5.74. The molecule has 0 radical (unpaired) electrons. The molecule has 5 aromatic rings. The first kappa shape index (κ1) is 28.6. The van der Waals surface area contributed by atoms with E-state index in [9.17, 15) is 4.79 Å². The van der Waals surface area contributed by atoms with E-state index in [0.29, 0.717) is 25.5 Å². The number of hydrogen-bond acceptors (Lipinski definition) is 9. The number of aryl methyl sites for hydroxylation is 2. The van der Waals surface area contributed by atoms with Gasteiger partial charge in [-0.1, -0.05) is 6.08 Å². The summed E-state index contributed by atoms with van der Waals surface area (Å²) in [5, 5.41) is 4.38. The highest BCUT2D eigenvalue weighted by Gasteiger charge is 2.34. The molecule has 4 heterocycles. The van der Waals surface area contributed by atoms with E-state index in [1.54, 1.807) is 18.7 Å². The number of rotatable bonds is 7. The topological polar surface area (TPSA) is 101 Å². The first-order chi connectivity index (χ1) is 21.8. The lowest BCUT2D eigenvalue weighted by Crippen LogP contribution is -2.56. The lowest BCUT2D eigenvalue weighted by Gasteiger charge is -2.39. The third-order valence-electron chi connectivity index (χ3n) is 8.35. The first-order valence-electron chi connectivity index (χ1n) is 15.1. The highest BCUT2D eigenvalue weighted by Crippen LogP contribution is 2.39. The Kier molecular flexibility index (Phi) is 7.46. The second-order valence-electron chi connectivity index (χ2n) is 11.9. The third-order valence-corrected chi connectivity index (χ3v) is 8.35. The van der Waals surface area contributed by atoms with E-state index in [2.05, 4.69) is 31.2 Å². The maximum absolute atomic E-state index is 13.0. The molecule has 0 spiro atoms. The monoisotopic (exact) mass is 604 g/mol. The number of aromatic nitrogens is 4. The van der Waals surface area contributed by atoms with Crippen LogP contribution in [0, 0.1) is 6.92 Å². The number of amides is 1. The number of carbonyl (C=O) groups excluding carboxylic acids is 1. The van der Waals surface area contributed by atoms with Gasteiger partial charge in [0.1, 0.15) is 36.0 Å². The van der Waals surface area contributed by atoms with Crippen molar-refractivity contribution < 1.29 is 14.3 Å². The Morgan fingerprint density at radius 1 is 1.09 bits per heavy atom. The average molecular weight is 605 g/mol. The summed E-state index contributed by atoms with van der Waals surface area (Å²) in [7, 11) is 5.94. The van der Waals surface area contributed by atoms with Crippen molar-refractivity contribution in [2.75, 3.05) is 57.1 Å². The molecule has 0 aliphatic carbocycles. The zero-order valence-electron chi connectivity index (χ0n) is 25.9. The summed E-state index contributed by atoms with van der Waals surface area (Å²) in [5.41, 5.74) is 5.59. The first-order valence-corrected chi connectivity index (χ1v) is 15.1. The molecule has 2 bridgehead atoms. The van der Waals surface area contributed by atoms with Gasteiger partial charge in [-0.15, -0.1) is 0 Å². The van der Waals surface area contributed by atoms with Crippen LogP contribution in [0.15, 0.2) is 73.3 Å². The number of imidazole rings is 1. The number of hydrogen-bond donors (Lipinski definition) is 1. The number of fused-ring (bicyclic) bond motifs is 6. The van der Waals surface area contributed by atoms with Crippen molar-refractivity contribution in [2.45, 2.75) is 13.0 Å². The summed E-state index contributed by atoms with van der Waals surface area (Å²) in [6, 6.07) is 15.9. The van der Waals surface area contributed by atoms with Crippen molar-refractivity contribution in [3.05, 3.63) is 78.9 Å². The van der Waals surface area contributed by atoms with Gasteiger partial charge in [-0.25, -0.2) is 15.0 Å². The van der Waals surface area contributed by atoms with Crippen LogP contribution in [0.4, 0.5) is 17.2 Å². The highest BCUT2D eigenvalue weighted by molar-refractivity contribution is 5.95. The molecule has 1 atom stereocenters. The smallest absolute Gasteiger partial charge is 0.246 e. The number of likely N-dealkylation sites (N-methyl/N-ethyl adjacent to an activating group) is 1. The molecule has 1 N–H and O–H groups in total. The van der Waals surface area contributed by atoms with Crippen molar-refractivity contribution in [1.29, 1.82) is 0 Å². The van der Waals surface area contributed by atoms with Gasteiger partial charge in [-0.2, -0.15) is 0 Å². The Balaban J connectivity index is 1.10. The predicted molar refractivity (Wildman–Crippen MR) is 176 cm³/mol. The average Bonchev–Trinajstić information content (AvgIpc) is 3.33. The second-order valence-corrected chi connectivity index (χ2v) is 11.9. The largest absolute Gasteiger partial charge is 0.489 e. The van der Waals surface area contributed by atoms with Crippen LogP contribution in [-0.4, -0.2) is 88.1 Å². The predicted octanol–water partition coefficient (Wildman–Crippen LogP) is 4.89. The Bertz CT molecular complexity index is 1930. The zero-order chi connectivity index (χ0) is 31.1. The van der Waals surface area contributed by atoms with Crippen LogP contribution in [0.25, 0.3) is 21.9 Å². The van der Waals surface area contributed by atoms with Gasteiger partial charge in [0.15, 0.2) is 0 Å². The Morgan fingerprint density at radius 3 is 2.82 bits per heavy atom. The molecule has 2 aliphatic rings. The lowest BCUT2D eigenvalue weighted by molar-refractivity contribution is -0.129. The van der Waals surface area contributed by atoms with Crippen molar-refractivity contribution in [1.82, 2.24) is 29.3 Å². The van der Waals surface area contributed by atoms with Crippen molar-refractivity contribution in [3.8, 4) is 17.2 Å². The standard InChI is InChI=1S/C34H36N8O3/c1-22-14-23(7-10-31(22)45-25-8-9-29-28(15-25)37-21-40(29)4)38-34-26-16-30-32(17-27(26)35-20-36-34)44-19-24-18-41(30)12-13-42(24)33(43)6-5-11-39(2)3/h5-10,14-17,20-21,24H,11-13,18-19H2,1-4H3,(H,35,36,38)/b6-5+. The molecule has 11 heteroatoms.